The Morgan fingerprint density at radius 1 is 1.09 bits per heavy atom. The van der Waals surface area contributed by atoms with E-state index in [4.69, 9.17) is 5.11 Å². The average molecular weight is 293 g/mol. The Morgan fingerprint density at radius 3 is 2.55 bits per heavy atom. The number of fused-ring (bicyclic) bond motifs is 1. The summed E-state index contributed by atoms with van der Waals surface area (Å²) in [6.45, 7) is 0.380. The van der Waals surface area contributed by atoms with Gasteiger partial charge in [-0.15, -0.1) is 0 Å². The van der Waals surface area contributed by atoms with Crippen molar-refractivity contribution >= 4 is 22.8 Å². The van der Waals surface area contributed by atoms with Gasteiger partial charge in [0.1, 0.15) is 0 Å². The average Bonchev–Trinajstić information content (AvgIpc) is 3.01. The molecule has 0 unspecified atom stereocenters. The van der Waals surface area contributed by atoms with Crippen molar-refractivity contribution in [3.8, 4) is 0 Å². The van der Waals surface area contributed by atoms with E-state index in [0.29, 0.717) is 12.1 Å². The summed E-state index contributed by atoms with van der Waals surface area (Å²) in [5.74, 6) is -1.26. The monoisotopic (exact) mass is 293 g/mol. The van der Waals surface area contributed by atoms with E-state index in [-0.39, 0.29) is 11.5 Å². The highest BCUT2D eigenvalue weighted by molar-refractivity contribution is 5.96. The van der Waals surface area contributed by atoms with E-state index in [2.05, 4.69) is 16.4 Å². The number of carbonyl (C=O) groups is 2. The summed E-state index contributed by atoms with van der Waals surface area (Å²) in [6.07, 6.45) is 1.84. The number of aromatic carboxylic acids is 1. The summed E-state index contributed by atoms with van der Waals surface area (Å²) >= 11 is 0. The van der Waals surface area contributed by atoms with Crippen molar-refractivity contribution in [2.24, 2.45) is 0 Å². The molecule has 3 rings (SSSR count). The maximum absolute atomic E-state index is 12.1. The molecule has 22 heavy (non-hydrogen) atoms. The van der Waals surface area contributed by atoms with Crippen molar-refractivity contribution in [3.05, 3.63) is 71.4 Å². The van der Waals surface area contributed by atoms with E-state index in [1.54, 1.807) is 0 Å². The van der Waals surface area contributed by atoms with E-state index in [9.17, 15) is 9.59 Å². The Hall–Kier alpha value is -3.08. The summed E-state index contributed by atoms with van der Waals surface area (Å²) in [5, 5.41) is 12.7. The van der Waals surface area contributed by atoms with Gasteiger partial charge in [-0.05, 0) is 54.1 Å². The first kappa shape index (κ1) is 13.9. The van der Waals surface area contributed by atoms with Crippen LogP contribution < -0.4 is 5.32 Å². The molecule has 0 aliphatic carbocycles. The summed E-state index contributed by atoms with van der Waals surface area (Å²) in [7, 11) is 0. The zero-order valence-electron chi connectivity index (χ0n) is 11.6. The molecule has 3 N–H and O–H groups in total. The molecule has 1 amide bonds. The topological polar surface area (TPSA) is 82.2 Å². The number of hydrogen-bond acceptors (Lipinski definition) is 2. The first-order chi connectivity index (χ1) is 10.6. The molecule has 0 fully saturated rings. The number of aromatic amines is 1. The Labute approximate surface area is 126 Å². The fourth-order valence-corrected chi connectivity index (χ4v) is 2.27. The lowest BCUT2D eigenvalue weighted by atomic mass is 10.1. The number of amides is 1. The van der Waals surface area contributed by atoms with Crippen LogP contribution in [-0.2, 0) is 6.54 Å². The lowest BCUT2D eigenvalue weighted by Crippen LogP contribution is -2.22. The standard InChI is InChI=1S/C17H13N2O3/c20-16(11-4-6-12(7-5-11)17(21)22)19-10-13-2-1-3-15-14(13)8-9-18-15/h2-9,18H,10H2,(H,19,20)(H,21,22). The highest BCUT2D eigenvalue weighted by atomic mass is 16.4. The van der Waals surface area contributed by atoms with Crippen LogP contribution in [0.15, 0.2) is 48.7 Å². The minimum Gasteiger partial charge on any atom is -0.478 e. The molecule has 5 heteroatoms. The van der Waals surface area contributed by atoms with Crippen LogP contribution in [0.1, 0.15) is 26.3 Å². The lowest BCUT2D eigenvalue weighted by Gasteiger charge is -2.07. The normalized spacial score (nSPS) is 10.5. The number of carboxylic acids is 1. The molecule has 0 atom stereocenters. The van der Waals surface area contributed by atoms with Gasteiger partial charge in [0.15, 0.2) is 0 Å². The maximum atomic E-state index is 12.1. The van der Waals surface area contributed by atoms with Gasteiger partial charge in [0.25, 0.3) is 5.91 Å². The Bertz CT molecular complexity index is 834. The van der Waals surface area contributed by atoms with Gasteiger partial charge in [0.2, 0.25) is 0 Å². The quantitative estimate of drug-likeness (QED) is 0.691. The third-order valence-electron chi connectivity index (χ3n) is 3.44. The van der Waals surface area contributed by atoms with Gasteiger partial charge >= 0.3 is 5.97 Å². The second kappa shape index (κ2) is 5.73. The Kier molecular flexibility index (Phi) is 3.62. The van der Waals surface area contributed by atoms with Crippen LogP contribution in [-0.4, -0.2) is 22.0 Å². The predicted octanol–water partition coefficient (Wildman–Crippen LogP) is 2.60. The first-order valence-corrected chi connectivity index (χ1v) is 6.73. The molecule has 3 aromatic rings. The SMILES string of the molecule is O=C(O)c1ccc(C(=O)NCc2c[c]cc3[nH]ccc23)cc1. The highest BCUT2D eigenvalue weighted by Gasteiger charge is 2.09. The van der Waals surface area contributed by atoms with Gasteiger partial charge in [-0.1, -0.05) is 0 Å². The van der Waals surface area contributed by atoms with Crippen molar-refractivity contribution in [2.45, 2.75) is 6.54 Å². The zero-order chi connectivity index (χ0) is 15.5. The van der Waals surface area contributed by atoms with Crippen molar-refractivity contribution < 1.29 is 14.7 Å². The van der Waals surface area contributed by atoms with Gasteiger partial charge in [-0.3, -0.25) is 4.79 Å². The van der Waals surface area contributed by atoms with Crippen molar-refractivity contribution in [1.82, 2.24) is 10.3 Å². The van der Waals surface area contributed by atoms with E-state index in [0.717, 1.165) is 16.5 Å². The predicted molar refractivity (Wildman–Crippen MR) is 81.7 cm³/mol. The second-order valence-electron chi connectivity index (χ2n) is 4.85. The highest BCUT2D eigenvalue weighted by Crippen LogP contribution is 2.17. The smallest absolute Gasteiger partial charge is 0.335 e. The van der Waals surface area contributed by atoms with Gasteiger partial charge in [-0.25, -0.2) is 4.79 Å². The molecule has 109 valence electrons. The fraction of sp³-hybridized carbons (Fsp3) is 0.0588. The summed E-state index contributed by atoms with van der Waals surface area (Å²) < 4.78 is 0. The van der Waals surface area contributed by atoms with Crippen LogP contribution in [0, 0.1) is 6.07 Å². The number of carbonyl (C=O) groups excluding carboxylic acids is 1. The Balaban J connectivity index is 1.72. The number of nitrogens with one attached hydrogen (secondary N) is 2. The summed E-state index contributed by atoms with van der Waals surface area (Å²) in [4.78, 5) is 26.0. The molecule has 0 aliphatic rings. The maximum Gasteiger partial charge on any atom is 0.335 e. The van der Waals surface area contributed by atoms with E-state index in [1.165, 1.54) is 24.3 Å². The first-order valence-electron chi connectivity index (χ1n) is 6.73. The largest absolute Gasteiger partial charge is 0.478 e. The van der Waals surface area contributed by atoms with Crippen LogP contribution in [0.3, 0.4) is 0 Å². The number of carboxylic acid groups (broad SMARTS) is 1. The minimum absolute atomic E-state index is 0.156. The zero-order valence-corrected chi connectivity index (χ0v) is 11.6. The molecule has 5 nitrogen and oxygen atoms in total. The van der Waals surface area contributed by atoms with E-state index >= 15 is 0 Å². The molecule has 0 spiro atoms. The van der Waals surface area contributed by atoms with Crippen molar-refractivity contribution in [2.75, 3.05) is 0 Å². The second-order valence-corrected chi connectivity index (χ2v) is 4.85. The van der Waals surface area contributed by atoms with Crippen LogP contribution in [0.4, 0.5) is 0 Å². The molecule has 0 saturated carbocycles. The lowest BCUT2D eigenvalue weighted by molar-refractivity contribution is 0.0696. The van der Waals surface area contributed by atoms with Crippen LogP contribution in [0.5, 0.6) is 0 Å². The van der Waals surface area contributed by atoms with Gasteiger partial charge < -0.3 is 15.4 Å². The minimum atomic E-state index is -1.01. The van der Waals surface area contributed by atoms with Crippen LogP contribution >= 0.6 is 0 Å². The molecule has 2 aromatic carbocycles. The summed E-state index contributed by atoms with van der Waals surface area (Å²) in [6, 6.07) is 14.5. The summed E-state index contributed by atoms with van der Waals surface area (Å²) in [5.41, 5.74) is 2.52. The molecular formula is C17H13N2O3. The third kappa shape index (κ3) is 2.69. The Morgan fingerprint density at radius 2 is 1.82 bits per heavy atom. The van der Waals surface area contributed by atoms with Gasteiger partial charge in [-0.2, -0.15) is 0 Å². The van der Waals surface area contributed by atoms with E-state index in [1.807, 2.05) is 24.4 Å². The molecule has 1 radical (unpaired) electrons. The van der Waals surface area contributed by atoms with Crippen molar-refractivity contribution in [3.63, 3.8) is 0 Å². The molecule has 1 heterocycles. The molecule has 0 bridgehead atoms. The van der Waals surface area contributed by atoms with Crippen LogP contribution in [0.2, 0.25) is 0 Å². The van der Waals surface area contributed by atoms with E-state index < -0.39 is 5.97 Å². The molecule has 0 aliphatic heterocycles. The van der Waals surface area contributed by atoms with Gasteiger partial charge in [0, 0.05) is 29.2 Å². The number of aromatic nitrogens is 1. The van der Waals surface area contributed by atoms with Crippen LogP contribution in [0.25, 0.3) is 10.9 Å². The number of rotatable bonds is 4. The molecule has 1 aromatic heterocycles. The third-order valence-corrected chi connectivity index (χ3v) is 3.44. The number of hydrogen-bond donors (Lipinski definition) is 3. The van der Waals surface area contributed by atoms with Crippen molar-refractivity contribution in [1.29, 1.82) is 0 Å². The molecule has 0 saturated heterocycles. The number of benzene rings is 2. The molecular weight excluding hydrogens is 280 g/mol. The fourth-order valence-electron chi connectivity index (χ4n) is 2.27. The number of H-pyrrole nitrogens is 1. The van der Waals surface area contributed by atoms with Gasteiger partial charge in [0.05, 0.1) is 5.56 Å².